The fourth-order valence-corrected chi connectivity index (χ4v) is 2.54. The van der Waals surface area contributed by atoms with Crippen molar-refractivity contribution in [2.75, 3.05) is 20.3 Å². The minimum Gasteiger partial charge on any atom is -0.508 e. The van der Waals surface area contributed by atoms with Crippen LogP contribution in [-0.4, -0.2) is 25.4 Å². The van der Waals surface area contributed by atoms with Crippen LogP contribution in [0.2, 0.25) is 0 Å². The maximum absolute atomic E-state index is 9.42. The third-order valence-corrected chi connectivity index (χ3v) is 3.82. The first-order valence-corrected chi connectivity index (χ1v) is 7.96. The van der Waals surface area contributed by atoms with E-state index in [9.17, 15) is 5.11 Å². The van der Waals surface area contributed by atoms with Crippen molar-refractivity contribution in [1.82, 2.24) is 0 Å². The number of benzene rings is 2. The summed E-state index contributed by atoms with van der Waals surface area (Å²) in [6, 6.07) is 13.2. The highest BCUT2D eigenvalue weighted by Crippen LogP contribution is 2.30. The Kier molecular flexibility index (Phi) is 6.29. The van der Waals surface area contributed by atoms with Crippen molar-refractivity contribution in [3.63, 3.8) is 0 Å². The van der Waals surface area contributed by atoms with Crippen molar-refractivity contribution in [2.24, 2.45) is 5.73 Å². The van der Waals surface area contributed by atoms with Crippen LogP contribution in [0.25, 0.3) is 0 Å². The van der Waals surface area contributed by atoms with E-state index >= 15 is 0 Å². The van der Waals surface area contributed by atoms with Crippen LogP contribution in [0.4, 0.5) is 0 Å². The average molecular weight is 315 g/mol. The van der Waals surface area contributed by atoms with Gasteiger partial charge in [0.2, 0.25) is 0 Å². The van der Waals surface area contributed by atoms with E-state index in [2.05, 4.69) is 6.92 Å². The van der Waals surface area contributed by atoms with E-state index in [1.807, 2.05) is 30.3 Å². The SMILES string of the molecule is CCCOc1cc(CC(CN)c2ccc(O)cc2)ccc1OC. The number of hydrogen-bond acceptors (Lipinski definition) is 4. The lowest BCUT2D eigenvalue weighted by atomic mass is 9.92. The fraction of sp³-hybridized carbons (Fsp3) is 0.368. The van der Waals surface area contributed by atoms with Gasteiger partial charge >= 0.3 is 0 Å². The second kappa shape index (κ2) is 8.44. The van der Waals surface area contributed by atoms with E-state index < -0.39 is 0 Å². The number of methoxy groups -OCH3 is 1. The number of nitrogens with two attached hydrogens (primary N) is 1. The molecular formula is C19H25NO3. The molecule has 2 aromatic carbocycles. The van der Waals surface area contributed by atoms with Gasteiger partial charge in [0.25, 0.3) is 0 Å². The molecule has 0 saturated heterocycles. The van der Waals surface area contributed by atoms with Crippen molar-refractivity contribution in [2.45, 2.75) is 25.7 Å². The van der Waals surface area contributed by atoms with Crippen molar-refractivity contribution < 1.29 is 14.6 Å². The van der Waals surface area contributed by atoms with Gasteiger partial charge in [-0.05, 0) is 54.8 Å². The van der Waals surface area contributed by atoms with E-state index in [1.54, 1.807) is 19.2 Å². The zero-order valence-corrected chi connectivity index (χ0v) is 13.8. The lowest BCUT2D eigenvalue weighted by Crippen LogP contribution is -2.15. The molecule has 0 saturated carbocycles. The van der Waals surface area contributed by atoms with Gasteiger partial charge in [0.1, 0.15) is 5.75 Å². The molecule has 0 heterocycles. The van der Waals surface area contributed by atoms with Gasteiger partial charge < -0.3 is 20.3 Å². The molecule has 0 radical (unpaired) electrons. The Hall–Kier alpha value is -2.20. The lowest BCUT2D eigenvalue weighted by molar-refractivity contribution is 0.294. The molecular weight excluding hydrogens is 290 g/mol. The van der Waals surface area contributed by atoms with E-state index in [0.717, 1.165) is 35.5 Å². The molecule has 0 bridgehead atoms. The van der Waals surface area contributed by atoms with Crippen LogP contribution in [0, 0.1) is 0 Å². The van der Waals surface area contributed by atoms with Crippen molar-refractivity contribution in [1.29, 1.82) is 0 Å². The zero-order valence-electron chi connectivity index (χ0n) is 13.8. The topological polar surface area (TPSA) is 64.7 Å². The summed E-state index contributed by atoms with van der Waals surface area (Å²) in [5.41, 5.74) is 8.22. The second-order valence-corrected chi connectivity index (χ2v) is 5.56. The summed E-state index contributed by atoms with van der Waals surface area (Å²) in [7, 11) is 1.65. The predicted octanol–water partition coefficient (Wildman–Crippen LogP) is 3.47. The molecule has 2 aromatic rings. The first-order chi connectivity index (χ1) is 11.2. The molecule has 0 aromatic heterocycles. The van der Waals surface area contributed by atoms with Crippen molar-refractivity contribution in [3.05, 3.63) is 53.6 Å². The van der Waals surface area contributed by atoms with Crippen LogP contribution < -0.4 is 15.2 Å². The predicted molar refractivity (Wildman–Crippen MR) is 92.4 cm³/mol. The largest absolute Gasteiger partial charge is 0.508 e. The van der Waals surface area contributed by atoms with E-state index in [0.29, 0.717) is 13.2 Å². The van der Waals surface area contributed by atoms with Gasteiger partial charge in [0, 0.05) is 5.92 Å². The van der Waals surface area contributed by atoms with Gasteiger partial charge in [-0.15, -0.1) is 0 Å². The first-order valence-electron chi connectivity index (χ1n) is 7.96. The fourth-order valence-electron chi connectivity index (χ4n) is 2.54. The minimum absolute atomic E-state index is 0.197. The Balaban J connectivity index is 2.18. The standard InChI is InChI=1S/C19H25NO3/c1-3-10-23-19-12-14(4-9-18(19)22-2)11-16(13-20)15-5-7-17(21)8-6-15/h4-9,12,16,21H,3,10-11,13,20H2,1-2H3. The number of phenolic OH excluding ortho intramolecular Hbond substituents is 1. The molecule has 1 atom stereocenters. The highest BCUT2D eigenvalue weighted by Gasteiger charge is 2.13. The van der Waals surface area contributed by atoms with Gasteiger partial charge in [0.05, 0.1) is 13.7 Å². The molecule has 23 heavy (non-hydrogen) atoms. The Morgan fingerprint density at radius 1 is 1.09 bits per heavy atom. The lowest BCUT2D eigenvalue weighted by Gasteiger charge is -2.17. The van der Waals surface area contributed by atoms with Gasteiger partial charge in [-0.25, -0.2) is 0 Å². The smallest absolute Gasteiger partial charge is 0.161 e. The van der Waals surface area contributed by atoms with Crippen LogP contribution in [-0.2, 0) is 6.42 Å². The molecule has 0 fully saturated rings. The van der Waals surface area contributed by atoms with Crippen LogP contribution in [0.1, 0.15) is 30.4 Å². The monoisotopic (exact) mass is 315 g/mol. The highest BCUT2D eigenvalue weighted by molar-refractivity contribution is 5.43. The molecule has 1 unspecified atom stereocenters. The van der Waals surface area contributed by atoms with Gasteiger partial charge in [-0.3, -0.25) is 0 Å². The van der Waals surface area contributed by atoms with Crippen molar-refractivity contribution >= 4 is 0 Å². The maximum atomic E-state index is 9.42. The van der Waals surface area contributed by atoms with Gasteiger partial charge in [-0.2, -0.15) is 0 Å². The molecule has 0 aliphatic rings. The normalized spacial score (nSPS) is 12.0. The third kappa shape index (κ3) is 4.63. The molecule has 0 amide bonds. The molecule has 2 rings (SSSR count). The number of hydrogen-bond donors (Lipinski definition) is 2. The number of aromatic hydroxyl groups is 1. The molecule has 4 nitrogen and oxygen atoms in total. The third-order valence-electron chi connectivity index (χ3n) is 3.82. The zero-order chi connectivity index (χ0) is 16.7. The summed E-state index contributed by atoms with van der Waals surface area (Å²) in [6.07, 6.45) is 1.76. The quantitative estimate of drug-likeness (QED) is 0.783. The molecule has 3 N–H and O–H groups in total. The Labute approximate surface area is 137 Å². The molecule has 4 heteroatoms. The van der Waals surface area contributed by atoms with Gasteiger partial charge in [0.15, 0.2) is 11.5 Å². The Bertz CT molecular complexity index is 611. The van der Waals surface area contributed by atoms with Crippen molar-refractivity contribution in [3.8, 4) is 17.2 Å². The van der Waals surface area contributed by atoms with Gasteiger partial charge in [-0.1, -0.05) is 25.1 Å². The van der Waals surface area contributed by atoms with E-state index in [4.69, 9.17) is 15.2 Å². The summed E-state index contributed by atoms with van der Waals surface area (Å²) in [5.74, 6) is 1.98. The molecule has 0 aliphatic heterocycles. The number of rotatable bonds is 8. The summed E-state index contributed by atoms with van der Waals surface area (Å²) in [6.45, 7) is 3.28. The number of phenols is 1. The van der Waals surface area contributed by atoms with E-state index in [-0.39, 0.29) is 11.7 Å². The molecule has 124 valence electrons. The molecule has 0 aliphatic carbocycles. The maximum Gasteiger partial charge on any atom is 0.161 e. The minimum atomic E-state index is 0.197. The molecule has 0 spiro atoms. The summed E-state index contributed by atoms with van der Waals surface area (Å²) < 4.78 is 11.1. The van der Waals surface area contributed by atoms with Crippen LogP contribution >= 0.6 is 0 Å². The Morgan fingerprint density at radius 2 is 1.83 bits per heavy atom. The summed E-state index contributed by atoms with van der Waals surface area (Å²) >= 11 is 0. The first kappa shape index (κ1) is 17.2. The van der Waals surface area contributed by atoms with Crippen LogP contribution in [0.15, 0.2) is 42.5 Å². The van der Waals surface area contributed by atoms with Crippen LogP contribution in [0.3, 0.4) is 0 Å². The van der Waals surface area contributed by atoms with Crippen LogP contribution in [0.5, 0.6) is 17.2 Å². The Morgan fingerprint density at radius 3 is 2.43 bits per heavy atom. The highest BCUT2D eigenvalue weighted by atomic mass is 16.5. The average Bonchev–Trinajstić information content (AvgIpc) is 2.58. The number of ether oxygens (including phenoxy) is 2. The summed E-state index contributed by atoms with van der Waals surface area (Å²) in [4.78, 5) is 0. The second-order valence-electron chi connectivity index (χ2n) is 5.56. The summed E-state index contributed by atoms with van der Waals surface area (Å²) in [5, 5.41) is 9.42. The van der Waals surface area contributed by atoms with E-state index in [1.165, 1.54) is 0 Å².